The van der Waals surface area contributed by atoms with Crippen molar-refractivity contribution in [2.75, 3.05) is 46.9 Å². The van der Waals surface area contributed by atoms with E-state index in [9.17, 15) is 4.79 Å². The minimum Gasteiger partial charge on any atom is -0.379 e. The fraction of sp³-hybridized carbons (Fsp3) is 0.458. The molecule has 6 heteroatoms. The molecule has 0 spiro atoms. The van der Waals surface area contributed by atoms with Crippen molar-refractivity contribution in [3.05, 3.63) is 70.8 Å². The number of likely N-dealkylation sites (N-methyl/N-ethyl adjacent to an activating group) is 1. The Morgan fingerprint density at radius 1 is 1.03 bits per heavy atom. The van der Waals surface area contributed by atoms with Crippen molar-refractivity contribution in [2.24, 2.45) is 0 Å². The molecule has 6 nitrogen and oxygen atoms in total. The Kier molecular flexibility index (Phi) is 8.25. The summed E-state index contributed by atoms with van der Waals surface area (Å²) in [5, 5.41) is 6.05. The van der Waals surface area contributed by atoms with Crippen molar-refractivity contribution in [3.8, 4) is 0 Å². The van der Waals surface area contributed by atoms with E-state index >= 15 is 0 Å². The van der Waals surface area contributed by atoms with Crippen LogP contribution in [0.2, 0.25) is 0 Å². The predicted molar refractivity (Wildman–Crippen MR) is 120 cm³/mol. The van der Waals surface area contributed by atoms with Crippen LogP contribution in [0, 0.1) is 6.92 Å². The molecule has 2 amide bonds. The number of hydrogen-bond acceptors (Lipinski definition) is 4. The van der Waals surface area contributed by atoms with E-state index in [-0.39, 0.29) is 12.1 Å². The Bertz CT molecular complexity index is 801. The first-order valence-electron chi connectivity index (χ1n) is 10.6. The van der Waals surface area contributed by atoms with Crippen LogP contribution in [0.4, 0.5) is 4.79 Å². The van der Waals surface area contributed by atoms with Crippen molar-refractivity contribution in [2.45, 2.75) is 26.1 Å². The van der Waals surface area contributed by atoms with E-state index in [1.807, 2.05) is 20.2 Å². The normalized spacial score (nSPS) is 15.7. The van der Waals surface area contributed by atoms with Gasteiger partial charge in [-0.3, -0.25) is 4.90 Å². The van der Waals surface area contributed by atoms with Crippen LogP contribution in [-0.4, -0.2) is 62.8 Å². The van der Waals surface area contributed by atoms with Gasteiger partial charge < -0.3 is 20.3 Å². The number of hydrogen-bond donors (Lipinski definition) is 2. The van der Waals surface area contributed by atoms with Crippen LogP contribution in [0.15, 0.2) is 48.5 Å². The molecule has 0 saturated carbocycles. The number of carbonyl (C=O) groups excluding carboxylic acids is 1. The average Bonchev–Trinajstić information content (AvgIpc) is 2.75. The highest BCUT2D eigenvalue weighted by molar-refractivity contribution is 5.73. The maximum absolute atomic E-state index is 12.5. The molecule has 0 bridgehead atoms. The smallest absolute Gasteiger partial charge is 0.315 e. The first-order chi connectivity index (χ1) is 14.5. The molecule has 162 valence electrons. The molecule has 0 radical (unpaired) electrons. The second-order valence-corrected chi connectivity index (χ2v) is 8.11. The van der Waals surface area contributed by atoms with Crippen molar-refractivity contribution in [3.63, 3.8) is 0 Å². The molecular formula is C24H34N4O2. The number of urea groups is 1. The molecule has 3 rings (SSSR count). The fourth-order valence-electron chi connectivity index (χ4n) is 3.70. The third-order valence-corrected chi connectivity index (χ3v) is 5.60. The standard InChI is InChI=1S/C24H34N4O2/c1-19-8-10-20(11-9-19)23(27(2)3)17-26-24(29)25-16-21-6-4-5-7-22(21)18-28-12-14-30-15-13-28/h4-11,23H,12-18H2,1-3H3,(H2,25,26,29). The molecule has 1 aliphatic heterocycles. The molecule has 0 aliphatic carbocycles. The SMILES string of the molecule is Cc1ccc(C(CNC(=O)NCc2ccccc2CN2CCOCC2)N(C)C)cc1. The number of aryl methyl sites for hydroxylation is 1. The summed E-state index contributed by atoms with van der Waals surface area (Å²) in [5.41, 5.74) is 4.84. The maximum Gasteiger partial charge on any atom is 0.315 e. The molecule has 1 fully saturated rings. The van der Waals surface area contributed by atoms with Crippen LogP contribution in [0.3, 0.4) is 0 Å². The van der Waals surface area contributed by atoms with E-state index in [1.165, 1.54) is 16.7 Å². The van der Waals surface area contributed by atoms with E-state index in [0.29, 0.717) is 13.1 Å². The van der Waals surface area contributed by atoms with Gasteiger partial charge in [-0.2, -0.15) is 0 Å². The van der Waals surface area contributed by atoms with Crippen molar-refractivity contribution < 1.29 is 9.53 Å². The lowest BCUT2D eigenvalue weighted by Crippen LogP contribution is -2.40. The Balaban J connectivity index is 1.52. The summed E-state index contributed by atoms with van der Waals surface area (Å²) < 4.78 is 5.44. The van der Waals surface area contributed by atoms with Gasteiger partial charge in [0.25, 0.3) is 0 Å². The van der Waals surface area contributed by atoms with Crippen LogP contribution < -0.4 is 10.6 Å². The molecule has 1 saturated heterocycles. The predicted octanol–water partition coefficient (Wildman–Crippen LogP) is 2.93. The molecular weight excluding hydrogens is 376 g/mol. The molecule has 2 aromatic rings. The van der Waals surface area contributed by atoms with Gasteiger partial charge in [-0.05, 0) is 37.7 Å². The van der Waals surface area contributed by atoms with Crippen LogP contribution in [0.1, 0.15) is 28.3 Å². The molecule has 1 atom stereocenters. The van der Waals surface area contributed by atoms with E-state index < -0.39 is 0 Å². The van der Waals surface area contributed by atoms with Crippen molar-refractivity contribution >= 4 is 6.03 Å². The zero-order chi connectivity index (χ0) is 21.3. The third kappa shape index (κ3) is 6.55. The summed E-state index contributed by atoms with van der Waals surface area (Å²) in [6.07, 6.45) is 0. The van der Waals surface area contributed by atoms with Crippen LogP contribution in [-0.2, 0) is 17.8 Å². The topological polar surface area (TPSA) is 56.8 Å². The highest BCUT2D eigenvalue weighted by Crippen LogP contribution is 2.18. The van der Waals surface area contributed by atoms with E-state index in [1.54, 1.807) is 0 Å². The minimum atomic E-state index is -0.143. The lowest BCUT2D eigenvalue weighted by Gasteiger charge is -2.27. The molecule has 0 aromatic heterocycles. The van der Waals surface area contributed by atoms with Crippen molar-refractivity contribution in [1.82, 2.24) is 20.4 Å². The molecule has 1 heterocycles. The summed E-state index contributed by atoms with van der Waals surface area (Å²) in [6.45, 7) is 7.52. The van der Waals surface area contributed by atoms with Crippen LogP contribution in [0.5, 0.6) is 0 Å². The van der Waals surface area contributed by atoms with Gasteiger partial charge in [-0.15, -0.1) is 0 Å². The van der Waals surface area contributed by atoms with Crippen LogP contribution >= 0.6 is 0 Å². The van der Waals surface area contributed by atoms with Gasteiger partial charge in [-0.25, -0.2) is 4.79 Å². The molecule has 2 aromatic carbocycles. The molecule has 1 aliphatic rings. The lowest BCUT2D eigenvalue weighted by atomic mass is 10.0. The number of morpholine rings is 1. The number of nitrogens with one attached hydrogen (secondary N) is 2. The molecule has 1 unspecified atom stereocenters. The lowest BCUT2D eigenvalue weighted by molar-refractivity contribution is 0.0341. The zero-order valence-electron chi connectivity index (χ0n) is 18.4. The van der Waals surface area contributed by atoms with Gasteiger partial charge in [0.05, 0.1) is 19.3 Å². The Hall–Kier alpha value is -2.41. The van der Waals surface area contributed by atoms with Gasteiger partial charge in [0.15, 0.2) is 0 Å². The second-order valence-electron chi connectivity index (χ2n) is 8.11. The third-order valence-electron chi connectivity index (χ3n) is 5.60. The maximum atomic E-state index is 12.5. The molecule has 2 N–H and O–H groups in total. The summed E-state index contributed by atoms with van der Waals surface area (Å²) in [6, 6.07) is 16.8. The Labute approximate surface area is 180 Å². The van der Waals surface area contributed by atoms with E-state index in [4.69, 9.17) is 4.74 Å². The number of rotatable bonds is 8. The fourth-order valence-corrected chi connectivity index (χ4v) is 3.70. The van der Waals surface area contributed by atoms with Gasteiger partial charge in [-0.1, -0.05) is 54.1 Å². The first kappa shape index (κ1) is 22.3. The highest BCUT2D eigenvalue weighted by atomic mass is 16.5. The summed E-state index contributed by atoms with van der Waals surface area (Å²) >= 11 is 0. The minimum absolute atomic E-state index is 0.130. The second kappa shape index (κ2) is 11.1. The number of amides is 2. The van der Waals surface area contributed by atoms with E-state index in [0.717, 1.165) is 38.4 Å². The van der Waals surface area contributed by atoms with E-state index in [2.05, 4.69) is 69.8 Å². The Morgan fingerprint density at radius 3 is 2.37 bits per heavy atom. The summed E-state index contributed by atoms with van der Waals surface area (Å²) in [7, 11) is 4.07. The monoisotopic (exact) mass is 410 g/mol. The average molecular weight is 411 g/mol. The van der Waals surface area contributed by atoms with Gasteiger partial charge in [0.1, 0.15) is 0 Å². The van der Waals surface area contributed by atoms with Gasteiger partial charge in [0, 0.05) is 32.7 Å². The first-order valence-corrected chi connectivity index (χ1v) is 10.6. The number of benzene rings is 2. The quantitative estimate of drug-likeness (QED) is 0.703. The van der Waals surface area contributed by atoms with Crippen LogP contribution in [0.25, 0.3) is 0 Å². The summed E-state index contributed by atoms with van der Waals surface area (Å²) in [5.74, 6) is 0. The summed E-state index contributed by atoms with van der Waals surface area (Å²) in [4.78, 5) is 17.0. The largest absolute Gasteiger partial charge is 0.379 e. The van der Waals surface area contributed by atoms with Gasteiger partial charge in [0.2, 0.25) is 0 Å². The molecule has 30 heavy (non-hydrogen) atoms. The van der Waals surface area contributed by atoms with Crippen molar-refractivity contribution in [1.29, 1.82) is 0 Å². The number of ether oxygens (including phenoxy) is 1. The number of nitrogens with zero attached hydrogens (tertiary/aromatic N) is 2. The Morgan fingerprint density at radius 2 is 1.70 bits per heavy atom. The number of carbonyl (C=O) groups is 1. The zero-order valence-corrected chi connectivity index (χ0v) is 18.4. The van der Waals surface area contributed by atoms with Gasteiger partial charge >= 0.3 is 6.03 Å². The highest BCUT2D eigenvalue weighted by Gasteiger charge is 2.16.